The summed E-state index contributed by atoms with van der Waals surface area (Å²) in [4.78, 5) is 8.13. The molecule has 0 radical (unpaired) electrons. The zero-order chi connectivity index (χ0) is 15.5. The number of nitrogens with two attached hydrogens (primary N) is 1. The second-order valence-electron chi connectivity index (χ2n) is 5.97. The Bertz CT molecular complexity index is 716. The number of nitrogens with zero attached hydrogens (tertiary/aromatic N) is 2. The molecule has 0 unspecified atom stereocenters. The van der Waals surface area contributed by atoms with Crippen LogP contribution >= 0.6 is 0 Å². The Labute approximate surface area is 126 Å². The van der Waals surface area contributed by atoms with Gasteiger partial charge in [0.05, 0.1) is 12.9 Å². The lowest BCUT2D eigenvalue weighted by atomic mass is 10.0. The van der Waals surface area contributed by atoms with Crippen molar-refractivity contribution in [1.82, 2.24) is 9.97 Å². The number of ether oxygens (including phenoxy) is 3. The van der Waals surface area contributed by atoms with Crippen LogP contribution in [0.3, 0.4) is 0 Å². The highest BCUT2D eigenvalue weighted by molar-refractivity contribution is 5.85. The average molecular weight is 307 g/mol. The van der Waals surface area contributed by atoms with E-state index in [0.29, 0.717) is 11.1 Å². The van der Waals surface area contributed by atoms with Crippen LogP contribution in [0.5, 0.6) is 0 Å². The third kappa shape index (κ3) is 1.92. The molecule has 8 nitrogen and oxygen atoms in total. The maximum absolute atomic E-state index is 9.53. The maximum atomic E-state index is 9.53. The number of furan rings is 1. The fourth-order valence-electron chi connectivity index (χ4n) is 3.17. The molecule has 3 N–H and O–H groups in total. The number of aromatic nitrogens is 2. The first-order valence-electron chi connectivity index (χ1n) is 7.09. The van der Waals surface area contributed by atoms with Crippen LogP contribution < -0.4 is 5.73 Å². The largest absolute Gasteiger partial charge is 0.458 e. The van der Waals surface area contributed by atoms with Crippen molar-refractivity contribution in [2.24, 2.45) is 0 Å². The minimum Gasteiger partial charge on any atom is -0.458 e. The van der Waals surface area contributed by atoms with Crippen LogP contribution in [0.25, 0.3) is 11.1 Å². The molecule has 118 valence electrons. The third-order valence-corrected chi connectivity index (χ3v) is 4.04. The van der Waals surface area contributed by atoms with E-state index in [1.807, 2.05) is 13.8 Å². The molecule has 2 fully saturated rings. The van der Waals surface area contributed by atoms with Crippen molar-refractivity contribution in [3.63, 3.8) is 0 Å². The Morgan fingerprint density at radius 2 is 2.05 bits per heavy atom. The lowest BCUT2D eigenvalue weighted by Gasteiger charge is -2.23. The SMILES string of the molecule is CC1(C)O[C@@H]2[C@H](O1)[C@@H](CO)O[C@H]2c1coc2c(N)ncnc12. The number of nitrogen functional groups attached to an aromatic ring is 1. The second-order valence-corrected chi connectivity index (χ2v) is 5.97. The van der Waals surface area contributed by atoms with Crippen molar-refractivity contribution in [3.8, 4) is 0 Å². The molecule has 2 aliphatic rings. The van der Waals surface area contributed by atoms with Crippen molar-refractivity contribution in [2.75, 3.05) is 12.3 Å². The highest BCUT2D eigenvalue weighted by Crippen LogP contribution is 2.46. The van der Waals surface area contributed by atoms with Gasteiger partial charge in [0, 0.05) is 5.56 Å². The van der Waals surface area contributed by atoms with Gasteiger partial charge in [0.1, 0.15) is 36.3 Å². The van der Waals surface area contributed by atoms with Crippen molar-refractivity contribution in [1.29, 1.82) is 0 Å². The van der Waals surface area contributed by atoms with Gasteiger partial charge in [-0.05, 0) is 13.8 Å². The van der Waals surface area contributed by atoms with Crippen molar-refractivity contribution in [2.45, 2.75) is 44.1 Å². The summed E-state index contributed by atoms with van der Waals surface area (Å²) in [6.45, 7) is 3.53. The van der Waals surface area contributed by atoms with Gasteiger partial charge in [0.2, 0.25) is 0 Å². The second kappa shape index (κ2) is 4.63. The predicted molar refractivity (Wildman–Crippen MR) is 74.7 cm³/mol. The molecular weight excluding hydrogens is 290 g/mol. The molecule has 2 aromatic rings. The third-order valence-electron chi connectivity index (χ3n) is 4.04. The first-order valence-corrected chi connectivity index (χ1v) is 7.09. The maximum Gasteiger partial charge on any atom is 0.194 e. The monoisotopic (exact) mass is 307 g/mol. The van der Waals surface area contributed by atoms with E-state index in [1.54, 1.807) is 6.26 Å². The summed E-state index contributed by atoms with van der Waals surface area (Å²) >= 11 is 0. The van der Waals surface area contributed by atoms with E-state index in [-0.39, 0.29) is 24.6 Å². The first-order chi connectivity index (χ1) is 10.5. The molecule has 22 heavy (non-hydrogen) atoms. The number of aliphatic hydroxyl groups excluding tert-OH is 1. The summed E-state index contributed by atoms with van der Waals surface area (Å²) in [5, 5.41) is 9.53. The molecular formula is C14H17N3O5. The van der Waals surface area contributed by atoms with Crippen LogP contribution in [-0.2, 0) is 14.2 Å². The average Bonchev–Trinajstić information content (AvgIpc) is 3.10. The summed E-state index contributed by atoms with van der Waals surface area (Å²) < 4.78 is 23.2. The Balaban J connectivity index is 1.77. The van der Waals surface area contributed by atoms with Crippen LogP contribution in [0.15, 0.2) is 17.0 Å². The van der Waals surface area contributed by atoms with E-state index in [4.69, 9.17) is 24.4 Å². The summed E-state index contributed by atoms with van der Waals surface area (Å²) in [5.41, 5.74) is 7.51. The molecule has 0 aromatic carbocycles. The van der Waals surface area contributed by atoms with E-state index in [9.17, 15) is 5.11 Å². The van der Waals surface area contributed by atoms with Crippen LogP contribution in [0.1, 0.15) is 25.5 Å². The summed E-state index contributed by atoms with van der Waals surface area (Å²) in [6, 6.07) is 0. The fourth-order valence-corrected chi connectivity index (χ4v) is 3.17. The van der Waals surface area contributed by atoms with E-state index >= 15 is 0 Å². The molecule has 2 saturated heterocycles. The van der Waals surface area contributed by atoms with Gasteiger partial charge >= 0.3 is 0 Å². The zero-order valence-corrected chi connectivity index (χ0v) is 12.2. The Morgan fingerprint density at radius 1 is 1.27 bits per heavy atom. The number of fused-ring (bicyclic) bond motifs is 2. The molecule has 2 aliphatic heterocycles. The number of hydrogen-bond acceptors (Lipinski definition) is 8. The van der Waals surface area contributed by atoms with Gasteiger partial charge in [-0.15, -0.1) is 0 Å². The van der Waals surface area contributed by atoms with Crippen molar-refractivity contribution < 1.29 is 23.7 Å². The summed E-state index contributed by atoms with van der Waals surface area (Å²) in [6.07, 6.45) is 1.34. The van der Waals surface area contributed by atoms with Crippen molar-refractivity contribution >= 4 is 16.9 Å². The normalized spacial score (nSPS) is 33.4. The Morgan fingerprint density at radius 3 is 2.82 bits per heavy atom. The van der Waals surface area contributed by atoms with Crippen LogP contribution in [-0.4, -0.2) is 45.8 Å². The van der Waals surface area contributed by atoms with Gasteiger partial charge in [0.15, 0.2) is 17.2 Å². The first kappa shape index (κ1) is 13.9. The van der Waals surface area contributed by atoms with E-state index < -0.39 is 18.0 Å². The van der Waals surface area contributed by atoms with E-state index in [1.165, 1.54) is 6.33 Å². The molecule has 4 heterocycles. The highest BCUT2D eigenvalue weighted by atomic mass is 16.8. The smallest absolute Gasteiger partial charge is 0.194 e. The van der Waals surface area contributed by atoms with Crippen LogP contribution in [0.2, 0.25) is 0 Å². The quantitative estimate of drug-likeness (QED) is 0.836. The van der Waals surface area contributed by atoms with Gasteiger partial charge in [-0.1, -0.05) is 0 Å². The number of aliphatic hydroxyl groups is 1. The zero-order valence-electron chi connectivity index (χ0n) is 12.2. The summed E-state index contributed by atoms with van der Waals surface area (Å²) in [5.74, 6) is -0.452. The molecule has 0 saturated carbocycles. The highest BCUT2D eigenvalue weighted by Gasteiger charge is 2.56. The number of rotatable bonds is 2. The molecule has 0 bridgehead atoms. The van der Waals surface area contributed by atoms with E-state index in [2.05, 4.69) is 9.97 Å². The Kier molecular flexibility index (Phi) is 2.92. The molecule has 0 spiro atoms. The van der Waals surface area contributed by atoms with Gasteiger partial charge in [-0.3, -0.25) is 0 Å². The van der Waals surface area contributed by atoms with E-state index in [0.717, 1.165) is 5.56 Å². The molecule has 0 amide bonds. The molecule has 4 rings (SSSR count). The van der Waals surface area contributed by atoms with Gasteiger partial charge in [0.25, 0.3) is 0 Å². The van der Waals surface area contributed by atoms with Gasteiger partial charge < -0.3 is 29.5 Å². The standard InChI is InChI=1S/C14H17N3O5/c1-14(2)21-10-7(3-18)20-9(12(10)22-14)6-4-19-11-8(6)16-5-17-13(11)15/h4-5,7,9-10,12,18H,3H2,1-2H3,(H2,15,16,17)/t7-,9+,10-,12+/m1/s1. The molecule has 8 heteroatoms. The van der Waals surface area contributed by atoms with Gasteiger partial charge in [-0.2, -0.15) is 0 Å². The van der Waals surface area contributed by atoms with Crippen LogP contribution in [0, 0.1) is 0 Å². The minimum atomic E-state index is -0.724. The molecule has 4 atom stereocenters. The number of hydrogen-bond donors (Lipinski definition) is 2. The molecule has 2 aromatic heterocycles. The fraction of sp³-hybridized carbons (Fsp3) is 0.571. The van der Waals surface area contributed by atoms with Crippen LogP contribution in [0.4, 0.5) is 5.82 Å². The topological polar surface area (TPSA) is 113 Å². The summed E-state index contributed by atoms with van der Waals surface area (Å²) in [7, 11) is 0. The molecule has 0 aliphatic carbocycles. The predicted octanol–water partition coefficient (Wildman–Crippen LogP) is 0.757. The van der Waals surface area contributed by atoms with Gasteiger partial charge in [-0.25, -0.2) is 9.97 Å². The Hall–Kier alpha value is -1.74. The lowest BCUT2D eigenvalue weighted by molar-refractivity contribution is -0.191. The number of anilines is 1. The lowest BCUT2D eigenvalue weighted by Crippen LogP contribution is -2.31. The van der Waals surface area contributed by atoms with Crippen molar-refractivity contribution in [3.05, 3.63) is 18.2 Å². The minimum absolute atomic E-state index is 0.149.